The van der Waals surface area contributed by atoms with Crippen LogP contribution in [0.25, 0.3) is 5.69 Å². The normalized spacial score (nSPS) is 12.5. The highest BCUT2D eigenvalue weighted by Crippen LogP contribution is 2.33. The molecule has 2 rings (SSSR count). The lowest BCUT2D eigenvalue weighted by atomic mass is 9.94. The van der Waals surface area contributed by atoms with Gasteiger partial charge in [0.1, 0.15) is 6.33 Å². The van der Waals surface area contributed by atoms with Crippen molar-refractivity contribution in [3.8, 4) is 5.69 Å². The van der Waals surface area contributed by atoms with E-state index in [-0.39, 0.29) is 11.8 Å². The average Bonchev–Trinajstić information content (AvgIpc) is 2.86. The van der Waals surface area contributed by atoms with Crippen molar-refractivity contribution in [3.63, 3.8) is 0 Å². The van der Waals surface area contributed by atoms with E-state index in [2.05, 4.69) is 36.6 Å². The summed E-state index contributed by atoms with van der Waals surface area (Å²) in [4.78, 5) is 4.09. The summed E-state index contributed by atoms with van der Waals surface area (Å²) in [6.45, 7) is 8.08. The summed E-state index contributed by atoms with van der Waals surface area (Å²) in [6, 6.07) is 3.74. The van der Waals surface area contributed by atoms with Gasteiger partial charge < -0.3 is 0 Å². The molecule has 7 heteroatoms. The van der Waals surface area contributed by atoms with Crippen LogP contribution in [0.1, 0.15) is 56.5 Å². The average molecular weight is 329 g/mol. The molecule has 120 valence electrons. The summed E-state index contributed by atoms with van der Waals surface area (Å²) >= 11 is 4.45. The first-order valence-corrected chi connectivity index (χ1v) is 7.42. The maximum atomic E-state index is 12.7. The summed E-state index contributed by atoms with van der Waals surface area (Å²) in [5.41, 5.74) is 2.56. The van der Waals surface area contributed by atoms with E-state index in [4.69, 9.17) is 0 Å². The zero-order chi connectivity index (χ0) is 16.7. The summed E-state index contributed by atoms with van der Waals surface area (Å²) in [6.07, 6.45) is -3.46. The lowest BCUT2D eigenvalue weighted by Gasteiger charge is -2.18. The minimum Gasteiger partial charge on any atom is -0.220 e. The molecular weight excluding hydrogens is 311 g/mol. The maximum absolute atomic E-state index is 12.7. The molecule has 2 aromatic rings. The van der Waals surface area contributed by atoms with Crippen LogP contribution >= 0.6 is 12.6 Å². The highest BCUT2D eigenvalue weighted by Gasteiger charge is 2.36. The number of hydrogen-bond donors (Lipinski definition) is 1. The van der Waals surface area contributed by atoms with Crippen LogP contribution < -0.4 is 0 Å². The monoisotopic (exact) mass is 329 g/mol. The van der Waals surface area contributed by atoms with Crippen molar-refractivity contribution in [3.05, 3.63) is 35.4 Å². The first-order chi connectivity index (χ1) is 10.1. The van der Waals surface area contributed by atoms with E-state index >= 15 is 0 Å². The zero-order valence-corrected chi connectivity index (χ0v) is 13.7. The molecule has 0 aliphatic rings. The van der Waals surface area contributed by atoms with Crippen molar-refractivity contribution in [2.24, 2.45) is 0 Å². The van der Waals surface area contributed by atoms with Gasteiger partial charge in [-0.3, -0.25) is 0 Å². The third-order valence-corrected chi connectivity index (χ3v) is 3.80. The third kappa shape index (κ3) is 3.29. The third-order valence-electron chi connectivity index (χ3n) is 3.41. The Morgan fingerprint density at radius 1 is 1.05 bits per heavy atom. The van der Waals surface area contributed by atoms with Crippen LogP contribution in [0.2, 0.25) is 0 Å². The second kappa shape index (κ2) is 5.95. The molecular formula is C15H18F3N3S. The summed E-state index contributed by atoms with van der Waals surface area (Å²) in [5, 5.41) is 3.56. The number of aromatic nitrogens is 3. The summed E-state index contributed by atoms with van der Waals surface area (Å²) in [5.74, 6) is -0.726. The summed E-state index contributed by atoms with van der Waals surface area (Å²) in [7, 11) is 0. The Morgan fingerprint density at radius 3 is 2.09 bits per heavy atom. The van der Waals surface area contributed by atoms with Gasteiger partial charge in [0, 0.05) is 4.90 Å². The first kappa shape index (κ1) is 16.9. The van der Waals surface area contributed by atoms with Crippen LogP contribution in [0, 0.1) is 0 Å². The molecule has 0 aliphatic carbocycles. The lowest BCUT2D eigenvalue weighted by molar-refractivity contribution is -0.144. The molecule has 0 radical (unpaired) electrons. The SMILES string of the molecule is CC(C)c1cc(C(C)C)c(-n2cnc(C(F)(F)F)n2)cc1S. The zero-order valence-electron chi connectivity index (χ0n) is 12.8. The lowest BCUT2D eigenvalue weighted by Crippen LogP contribution is -2.10. The van der Waals surface area contributed by atoms with Crippen LogP contribution in [0.15, 0.2) is 23.4 Å². The van der Waals surface area contributed by atoms with E-state index in [9.17, 15) is 13.2 Å². The van der Waals surface area contributed by atoms with Gasteiger partial charge in [-0.15, -0.1) is 17.7 Å². The summed E-state index contributed by atoms with van der Waals surface area (Å²) < 4.78 is 39.2. The Labute approximate surface area is 133 Å². The molecule has 1 aromatic heterocycles. The molecule has 0 saturated carbocycles. The van der Waals surface area contributed by atoms with Crippen LogP contribution in [0.5, 0.6) is 0 Å². The van der Waals surface area contributed by atoms with Gasteiger partial charge in [-0.05, 0) is 29.0 Å². The largest absolute Gasteiger partial charge is 0.453 e. The highest BCUT2D eigenvalue weighted by atomic mass is 32.1. The van der Waals surface area contributed by atoms with Gasteiger partial charge in [-0.1, -0.05) is 33.8 Å². The maximum Gasteiger partial charge on any atom is 0.453 e. The highest BCUT2D eigenvalue weighted by molar-refractivity contribution is 7.80. The molecule has 0 atom stereocenters. The number of hydrogen-bond acceptors (Lipinski definition) is 3. The molecule has 22 heavy (non-hydrogen) atoms. The molecule has 0 unspecified atom stereocenters. The number of nitrogens with zero attached hydrogens (tertiary/aromatic N) is 3. The van der Waals surface area contributed by atoms with Gasteiger partial charge in [0.05, 0.1) is 5.69 Å². The van der Waals surface area contributed by atoms with Crippen molar-refractivity contribution < 1.29 is 13.2 Å². The van der Waals surface area contributed by atoms with E-state index in [0.29, 0.717) is 5.69 Å². The predicted molar refractivity (Wildman–Crippen MR) is 81.8 cm³/mol. The standard InChI is InChI=1S/C15H18F3N3S/c1-8(2)10-5-11(9(3)4)13(22)6-12(10)21-7-19-14(20-21)15(16,17)18/h5-9,22H,1-4H3. The number of halogens is 3. The Kier molecular flexibility index (Phi) is 4.56. The Bertz CT molecular complexity index is 675. The second-order valence-electron chi connectivity index (χ2n) is 5.79. The smallest absolute Gasteiger partial charge is 0.220 e. The van der Waals surface area contributed by atoms with Crippen molar-refractivity contribution in [1.82, 2.24) is 14.8 Å². The van der Waals surface area contributed by atoms with Gasteiger partial charge in [-0.2, -0.15) is 13.2 Å². The molecule has 0 N–H and O–H groups in total. The van der Waals surface area contributed by atoms with Crippen LogP contribution in [-0.2, 0) is 6.18 Å². The van der Waals surface area contributed by atoms with Crippen LogP contribution in [0.3, 0.4) is 0 Å². The van der Waals surface area contributed by atoms with Crippen molar-refractivity contribution in [2.45, 2.75) is 50.6 Å². The van der Waals surface area contributed by atoms with E-state index < -0.39 is 12.0 Å². The molecule has 0 saturated heterocycles. The molecule has 1 heterocycles. The molecule has 1 aromatic carbocycles. The molecule has 0 bridgehead atoms. The fourth-order valence-corrected chi connectivity index (χ4v) is 2.69. The molecule has 0 amide bonds. The van der Waals surface area contributed by atoms with Crippen molar-refractivity contribution >= 4 is 12.6 Å². The second-order valence-corrected chi connectivity index (χ2v) is 6.27. The Balaban J connectivity index is 2.59. The van der Waals surface area contributed by atoms with Gasteiger partial charge in [0.15, 0.2) is 0 Å². The van der Waals surface area contributed by atoms with E-state index in [1.165, 1.54) is 4.68 Å². The van der Waals surface area contributed by atoms with Gasteiger partial charge in [-0.25, -0.2) is 9.67 Å². The molecule has 0 spiro atoms. The number of alkyl halides is 3. The van der Waals surface area contributed by atoms with Gasteiger partial charge >= 0.3 is 6.18 Å². The van der Waals surface area contributed by atoms with Crippen LogP contribution in [0.4, 0.5) is 13.2 Å². The molecule has 3 nitrogen and oxygen atoms in total. The van der Waals surface area contributed by atoms with Crippen molar-refractivity contribution in [1.29, 1.82) is 0 Å². The fraction of sp³-hybridized carbons (Fsp3) is 0.467. The van der Waals surface area contributed by atoms with E-state index in [1.54, 1.807) is 6.07 Å². The fourth-order valence-electron chi connectivity index (χ4n) is 2.24. The van der Waals surface area contributed by atoms with E-state index in [0.717, 1.165) is 22.3 Å². The topological polar surface area (TPSA) is 30.7 Å². The van der Waals surface area contributed by atoms with Crippen LogP contribution in [-0.4, -0.2) is 14.8 Å². The Hall–Kier alpha value is -1.50. The minimum absolute atomic E-state index is 0.139. The number of benzene rings is 1. The van der Waals surface area contributed by atoms with Crippen molar-refractivity contribution in [2.75, 3.05) is 0 Å². The van der Waals surface area contributed by atoms with Gasteiger partial charge in [0.25, 0.3) is 5.82 Å². The first-order valence-electron chi connectivity index (χ1n) is 6.97. The Morgan fingerprint density at radius 2 is 1.64 bits per heavy atom. The predicted octanol–water partition coefficient (Wildman–Crippen LogP) is 4.82. The number of rotatable bonds is 3. The molecule has 0 fully saturated rings. The number of thiol groups is 1. The van der Waals surface area contributed by atoms with Gasteiger partial charge in [0.2, 0.25) is 0 Å². The van der Waals surface area contributed by atoms with E-state index in [1.807, 2.05) is 19.9 Å². The quantitative estimate of drug-likeness (QED) is 0.818. The molecule has 0 aliphatic heterocycles. The minimum atomic E-state index is -4.55.